The van der Waals surface area contributed by atoms with Crippen molar-refractivity contribution in [1.82, 2.24) is 15.3 Å². The Morgan fingerprint density at radius 1 is 1.24 bits per heavy atom. The molecular formula is C15H17N5O. The number of urea groups is 1. The van der Waals surface area contributed by atoms with Gasteiger partial charge < -0.3 is 16.0 Å². The van der Waals surface area contributed by atoms with Gasteiger partial charge in [0.2, 0.25) is 0 Å². The summed E-state index contributed by atoms with van der Waals surface area (Å²) in [7, 11) is 0. The van der Waals surface area contributed by atoms with Crippen LogP contribution >= 0.6 is 0 Å². The van der Waals surface area contributed by atoms with Crippen molar-refractivity contribution in [1.29, 1.82) is 0 Å². The molecule has 0 spiro atoms. The predicted molar refractivity (Wildman–Crippen MR) is 81.0 cm³/mol. The number of carbonyl (C=O) groups is 1. The zero-order valence-electron chi connectivity index (χ0n) is 11.5. The SMILES string of the molecule is O=C(Nc1ccc(NCc2cccnc2)nc1)NC1CC1. The molecule has 1 aliphatic carbocycles. The van der Waals surface area contributed by atoms with Crippen LogP contribution in [0, 0.1) is 0 Å². The van der Waals surface area contributed by atoms with Crippen LogP contribution in [-0.4, -0.2) is 22.0 Å². The van der Waals surface area contributed by atoms with E-state index in [4.69, 9.17) is 0 Å². The standard InChI is InChI=1S/C15H17N5O/c21-15(19-12-3-4-12)20-13-5-6-14(18-10-13)17-9-11-2-1-7-16-8-11/h1-2,5-8,10,12H,3-4,9H2,(H,17,18)(H2,19,20,21). The molecule has 0 unspecified atom stereocenters. The summed E-state index contributed by atoms with van der Waals surface area (Å²) in [5.41, 5.74) is 1.77. The largest absolute Gasteiger partial charge is 0.366 e. The van der Waals surface area contributed by atoms with E-state index in [0.717, 1.165) is 24.2 Å². The summed E-state index contributed by atoms with van der Waals surface area (Å²) in [4.78, 5) is 19.9. The molecule has 3 N–H and O–H groups in total. The molecular weight excluding hydrogens is 266 g/mol. The molecule has 2 amide bonds. The van der Waals surface area contributed by atoms with Crippen molar-refractivity contribution in [3.05, 3.63) is 48.4 Å². The molecule has 1 fully saturated rings. The highest BCUT2D eigenvalue weighted by Gasteiger charge is 2.23. The molecule has 0 saturated heterocycles. The maximum absolute atomic E-state index is 11.6. The van der Waals surface area contributed by atoms with Gasteiger partial charge in [0.25, 0.3) is 0 Å². The normalized spacial score (nSPS) is 13.5. The van der Waals surface area contributed by atoms with Crippen LogP contribution in [0.1, 0.15) is 18.4 Å². The van der Waals surface area contributed by atoms with Gasteiger partial charge in [-0.3, -0.25) is 4.98 Å². The third kappa shape index (κ3) is 4.17. The van der Waals surface area contributed by atoms with E-state index < -0.39 is 0 Å². The van der Waals surface area contributed by atoms with Gasteiger partial charge in [0.05, 0.1) is 11.9 Å². The molecule has 2 aromatic rings. The van der Waals surface area contributed by atoms with Crippen LogP contribution in [0.15, 0.2) is 42.9 Å². The van der Waals surface area contributed by atoms with Crippen LogP contribution in [-0.2, 0) is 6.54 Å². The first kappa shape index (κ1) is 13.4. The highest BCUT2D eigenvalue weighted by atomic mass is 16.2. The third-order valence-electron chi connectivity index (χ3n) is 3.13. The van der Waals surface area contributed by atoms with Crippen LogP contribution in [0.2, 0.25) is 0 Å². The molecule has 6 nitrogen and oxygen atoms in total. The second-order valence-electron chi connectivity index (χ2n) is 5.02. The quantitative estimate of drug-likeness (QED) is 0.787. The molecule has 3 rings (SSSR count). The van der Waals surface area contributed by atoms with Gasteiger partial charge in [-0.25, -0.2) is 9.78 Å². The number of rotatable bonds is 5. The average molecular weight is 283 g/mol. The summed E-state index contributed by atoms with van der Waals surface area (Å²) in [6, 6.07) is 7.73. The minimum absolute atomic E-state index is 0.171. The minimum atomic E-state index is -0.171. The molecule has 108 valence electrons. The van der Waals surface area contributed by atoms with E-state index in [-0.39, 0.29) is 6.03 Å². The van der Waals surface area contributed by atoms with E-state index in [9.17, 15) is 4.79 Å². The van der Waals surface area contributed by atoms with Gasteiger partial charge >= 0.3 is 6.03 Å². The van der Waals surface area contributed by atoms with Crippen molar-refractivity contribution in [2.45, 2.75) is 25.4 Å². The summed E-state index contributed by atoms with van der Waals surface area (Å²) < 4.78 is 0. The third-order valence-corrected chi connectivity index (χ3v) is 3.13. The smallest absolute Gasteiger partial charge is 0.319 e. The summed E-state index contributed by atoms with van der Waals surface area (Å²) in [6.45, 7) is 0.662. The van der Waals surface area contributed by atoms with Crippen molar-refractivity contribution in [2.24, 2.45) is 0 Å². The van der Waals surface area contributed by atoms with E-state index in [1.54, 1.807) is 12.4 Å². The van der Waals surface area contributed by atoms with Gasteiger partial charge in [0, 0.05) is 25.0 Å². The number of anilines is 2. The lowest BCUT2D eigenvalue weighted by Crippen LogP contribution is -2.30. The summed E-state index contributed by atoms with van der Waals surface area (Å²) in [5.74, 6) is 0.756. The van der Waals surface area contributed by atoms with Crippen molar-refractivity contribution in [3.63, 3.8) is 0 Å². The van der Waals surface area contributed by atoms with Gasteiger partial charge in [-0.1, -0.05) is 6.07 Å². The summed E-state index contributed by atoms with van der Waals surface area (Å²) in [5, 5.41) is 8.83. The Balaban J connectivity index is 1.50. The van der Waals surface area contributed by atoms with E-state index in [2.05, 4.69) is 25.9 Å². The molecule has 2 heterocycles. The molecule has 0 radical (unpaired) electrons. The van der Waals surface area contributed by atoms with Crippen LogP contribution in [0.5, 0.6) is 0 Å². The number of amides is 2. The zero-order valence-corrected chi connectivity index (χ0v) is 11.5. The number of hydrogen-bond acceptors (Lipinski definition) is 4. The molecule has 6 heteroatoms. The fourth-order valence-electron chi connectivity index (χ4n) is 1.85. The first-order valence-corrected chi connectivity index (χ1v) is 6.96. The zero-order chi connectivity index (χ0) is 14.5. The Morgan fingerprint density at radius 2 is 2.14 bits per heavy atom. The average Bonchev–Trinajstić information content (AvgIpc) is 3.31. The van der Waals surface area contributed by atoms with E-state index >= 15 is 0 Å². The summed E-state index contributed by atoms with van der Waals surface area (Å²) in [6.07, 6.45) is 7.34. The molecule has 0 aromatic carbocycles. The van der Waals surface area contributed by atoms with Gasteiger partial charge in [0.15, 0.2) is 0 Å². The Morgan fingerprint density at radius 3 is 2.81 bits per heavy atom. The monoisotopic (exact) mass is 283 g/mol. The van der Waals surface area contributed by atoms with Gasteiger partial charge in [-0.05, 0) is 36.6 Å². The lowest BCUT2D eigenvalue weighted by molar-refractivity contribution is 0.251. The lowest BCUT2D eigenvalue weighted by Gasteiger charge is -2.08. The Bertz CT molecular complexity index is 595. The molecule has 0 aliphatic heterocycles. The van der Waals surface area contributed by atoms with Gasteiger partial charge in [0.1, 0.15) is 5.82 Å². The van der Waals surface area contributed by atoms with Crippen LogP contribution < -0.4 is 16.0 Å². The van der Waals surface area contributed by atoms with Crippen molar-refractivity contribution in [3.8, 4) is 0 Å². The number of nitrogens with zero attached hydrogens (tertiary/aromatic N) is 2. The molecule has 0 bridgehead atoms. The number of aromatic nitrogens is 2. The summed E-state index contributed by atoms with van der Waals surface area (Å²) >= 11 is 0. The van der Waals surface area contributed by atoms with Gasteiger partial charge in [-0.15, -0.1) is 0 Å². The fourth-order valence-corrected chi connectivity index (χ4v) is 1.85. The second-order valence-corrected chi connectivity index (χ2v) is 5.02. The lowest BCUT2D eigenvalue weighted by atomic mass is 10.3. The Hall–Kier alpha value is -2.63. The molecule has 2 aromatic heterocycles. The Labute approximate surface area is 123 Å². The number of hydrogen-bond donors (Lipinski definition) is 3. The highest BCUT2D eigenvalue weighted by molar-refractivity contribution is 5.89. The maximum atomic E-state index is 11.6. The second kappa shape index (κ2) is 6.21. The fraction of sp³-hybridized carbons (Fsp3) is 0.267. The van der Waals surface area contributed by atoms with Gasteiger partial charge in [-0.2, -0.15) is 0 Å². The van der Waals surface area contributed by atoms with Crippen molar-refractivity contribution >= 4 is 17.5 Å². The molecule has 0 atom stereocenters. The molecule has 21 heavy (non-hydrogen) atoms. The number of pyridine rings is 2. The topological polar surface area (TPSA) is 78.9 Å². The highest BCUT2D eigenvalue weighted by Crippen LogP contribution is 2.19. The number of nitrogens with one attached hydrogen (secondary N) is 3. The van der Waals surface area contributed by atoms with Crippen molar-refractivity contribution in [2.75, 3.05) is 10.6 Å². The molecule has 1 aliphatic rings. The van der Waals surface area contributed by atoms with Crippen molar-refractivity contribution < 1.29 is 4.79 Å². The Kier molecular flexibility index (Phi) is 3.95. The molecule has 1 saturated carbocycles. The van der Waals surface area contributed by atoms with Crippen LogP contribution in [0.4, 0.5) is 16.3 Å². The first-order chi connectivity index (χ1) is 10.3. The van der Waals surface area contributed by atoms with E-state index in [1.807, 2.05) is 30.5 Å². The van der Waals surface area contributed by atoms with Crippen LogP contribution in [0.3, 0.4) is 0 Å². The first-order valence-electron chi connectivity index (χ1n) is 6.96. The van der Waals surface area contributed by atoms with E-state index in [1.165, 1.54) is 0 Å². The number of carbonyl (C=O) groups excluding carboxylic acids is 1. The predicted octanol–water partition coefficient (Wildman–Crippen LogP) is 2.37. The maximum Gasteiger partial charge on any atom is 0.319 e. The van der Waals surface area contributed by atoms with E-state index in [0.29, 0.717) is 18.3 Å². The minimum Gasteiger partial charge on any atom is -0.366 e. The van der Waals surface area contributed by atoms with Crippen LogP contribution in [0.25, 0.3) is 0 Å².